The largest absolute Gasteiger partial charge is 0.352 e. The lowest BCUT2D eigenvalue weighted by molar-refractivity contribution is -0.126. The monoisotopic (exact) mass is 376 g/mol. The molecule has 1 fully saturated rings. The van der Waals surface area contributed by atoms with Gasteiger partial charge >= 0.3 is 0 Å². The van der Waals surface area contributed by atoms with Crippen LogP contribution in [-0.2, 0) is 17.9 Å². The van der Waals surface area contributed by atoms with Gasteiger partial charge in [-0.3, -0.25) is 9.69 Å². The van der Waals surface area contributed by atoms with E-state index in [1.807, 2.05) is 24.3 Å². The second-order valence-corrected chi connectivity index (χ2v) is 7.60. The first-order chi connectivity index (χ1) is 13.7. The molecule has 28 heavy (non-hydrogen) atoms. The zero-order chi connectivity index (χ0) is 19.3. The summed E-state index contributed by atoms with van der Waals surface area (Å²) in [5.41, 5.74) is 2.20. The molecule has 3 aromatic carbocycles. The van der Waals surface area contributed by atoms with E-state index in [1.165, 1.54) is 22.9 Å². The van der Waals surface area contributed by atoms with Crippen molar-refractivity contribution in [2.24, 2.45) is 5.92 Å². The van der Waals surface area contributed by atoms with Gasteiger partial charge in [0.15, 0.2) is 0 Å². The molecule has 0 saturated carbocycles. The minimum Gasteiger partial charge on any atom is -0.352 e. The molecule has 4 rings (SSSR count). The van der Waals surface area contributed by atoms with Crippen molar-refractivity contribution in [1.82, 2.24) is 10.2 Å². The first-order valence-corrected chi connectivity index (χ1v) is 9.89. The van der Waals surface area contributed by atoms with Crippen LogP contribution in [0.1, 0.15) is 24.0 Å². The maximum atomic E-state index is 13.1. The number of hydrogen-bond donors (Lipinski definition) is 1. The highest BCUT2D eigenvalue weighted by atomic mass is 19.1. The molecule has 4 heteroatoms. The number of hydrogen-bond acceptors (Lipinski definition) is 2. The van der Waals surface area contributed by atoms with Crippen molar-refractivity contribution in [3.05, 3.63) is 83.7 Å². The first-order valence-electron chi connectivity index (χ1n) is 9.89. The standard InChI is InChI=1S/C24H25FN2O/c25-23-11-8-18(9-12-23)16-27-13-3-6-22(17-27)24(28)26-15-19-7-10-20-4-1-2-5-21(20)14-19/h1-2,4-5,7-12,14,22H,3,6,13,15-17H2,(H,26,28)/t22-/m1/s1. The Morgan fingerprint density at radius 1 is 1.00 bits per heavy atom. The maximum absolute atomic E-state index is 13.1. The second-order valence-electron chi connectivity index (χ2n) is 7.60. The van der Waals surface area contributed by atoms with E-state index in [-0.39, 0.29) is 17.6 Å². The van der Waals surface area contributed by atoms with Gasteiger partial charge in [-0.05, 0) is 59.5 Å². The van der Waals surface area contributed by atoms with Crippen LogP contribution in [0.25, 0.3) is 10.8 Å². The van der Waals surface area contributed by atoms with Crippen LogP contribution in [0.2, 0.25) is 0 Å². The number of fused-ring (bicyclic) bond motifs is 1. The van der Waals surface area contributed by atoms with Gasteiger partial charge in [0.25, 0.3) is 0 Å². The Morgan fingerprint density at radius 3 is 2.57 bits per heavy atom. The molecule has 3 nitrogen and oxygen atoms in total. The number of carbonyl (C=O) groups is 1. The fourth-order valence-electron chi connectivity index (χ4n) is 3.94. The Hall–Kier alpha value is -2.72. The molecule has 1 amide bonds. The topological polar surface area (TPSA) is 32.3 Å². The minimum absolute atomic E-state index is 0.00894. The third kappa shape index (κ3) is 4.57. The number of nitrogens with one attached hydrogen (secondary N) is 1. The van der Waals surface area contributed by atoms with E-state index in [4.69, 9.17) is 0 Å². The van der Waals surface area contributed by atoms with Crippen molar-refractivity contribution in [3.8, 4) is 0 Å². The lowest BCUT2D eigenvalue weighted by Crippen LogP contribution is -2.42. The van der Waals surface area contributed by atoms with Gasteiger partial charge < -0.3 is 5.32 Å². The van der Waals surface area contributed by atoms with E-state index in [1.54, 1.807) is 0 Å². The van der Waals surface area contributed by atoms with Crippen molar-refractivity contribution in [2.45, 2.75) is 25.9 Å². The number of amides is 1. The number of rotatable bonds is 5. The molecule has 0 bridgehead atoms. The molecule has 0 aliphatic carbocycles. The lowest BCUT2D eigenvalue weighted by Gasteiger charge is -2.32. The molecule has 1 aliphatic heterocycles. The number of piperidine rings is 1. The molecule has 1 N–H and O–H groups in total. The minimum atomic E-state index is -0.215. The van der Waals surface area contributed by atoms with E-state index in [0.717, 1.165) is 43.6 Å². The third-order valence-corrected chi connectivity index (χ3v) is 5.48. The molecule has 0 unspecified atom stereocenters. The van der Waals surface area contributed by atoms with Crippen LogP contribution in [-0.4, -0.2) is 23.9 Å². The van der Waals surface area contributed by atoms with E-state index in [0.29, 0.717) is 6.54 Å². The van der Waals surface area contributed by atoms with Crippen molar-refractivity contribution >= 4 is 16.7 Å². The van der Waals surface area contributed by atoms with Gasteiger partial charge in [-0.25, -0.2) is 4.39 Å². The van der Waals surface area contributed by atoms with Crippen LogP contribution in [0.5, 0.6) is 0 Å². The normalized spacial score (nSPS) is 17.5. The number of carbonyl (C=O) groups excluding carboxylic acids is 1. The molecule has 0 aromatic heterocycles. The summed E-state index contributed by atoms with van der Waals surface area (Å²) in [5, 5.41) is 5.51. The lowest BCUT2D eigenvalue weighted by atomic mass is 9.96. The van der Waals surface area contributed by atoms with Crippen LogP contribution in [0, 0.1) is 11.7 Å². The zero-order valence-electron chi connectivity index (χ0n) is 15.9. The highest BCUT2D eigenvalue weighted by molar-refractivity contribution is 5.83. The van der Waals surface area contributed by atoms with Crippen molar-refractivity contribution in [3.63, 3.8) is 0 Å². The summed E-state index contributed by atoms with van der Waals surface area (Å²) in [6, 6.07) is 21.2. The van der Waals surface area contributed by atoms with Crippen molar-refractivity contribution < 1.29 is 9.18 Å². The Morgan fingerprint density at radius 2 is 1.75 bits per heavy atom. The van der Waals surface area contributed by atoms with Crippen LogP contribution < -0.4 is 5.32 Å². The highest BCUT2D eigenvalue weighted by Gasteiger charge is 2.25. The van der Waals surface area contributed by atoms with E-state index >= 15 is 0 Å². The second kappa shape index (κ2) is 8.53. The number of nitrogens with zero attached hydrogens (tertiary/aromatic N) is 1. The molecule has 144 valence electrons. The Balaban J connectivity index is 1.32. The van der Waals surface area contributed by atoms with Crippen LogP contribution in [0.15, 0.2) is 66.7 Å². The van der Waals surface area contributed by atoms with Gasteiger partial charge in [0.2, 0.25) is 5.91 Å². The predicted molar refractivity (Wildman–Crippen MR) is 110 cm³/mol. The SMILES string of the molecule is O=C(NCc1ccc2ccccc2c1)[C@@H]1CCCN(Cc2ccc(F)cc2)C1. The molecule has 1 atom stereocenters. The summed E-state index contributed by atoms with van der Waals surface area (Å²) in [4.78, 5) is 15.0. The molecular formula is C24H25FN2O. The van der Waals surface area contributed by atoms with Crippen LogP contribution in [0.4, 0.5) is 4.39 Å². The molecule has 3 aromatic rings. The van der Waals surface area contributed by atoms with Crippen LogP contribution >= 0.6 is 0 Å². The molecule has 1 saturated heterocycles. The van der Waals surface area contributed by atoms with Crippen molar-refractivity contribution in [2.75, 3.05) is 13.1 Å². The number of likely N-dealkylation sites (tertiary alicyclic amines) is 1. The quantitative estimate of drug-likeness (QED) is 0.711. The molecule has 1 heterocycles. The summed E-state index contributed by atoms with van der Waals surface area (Å²) < 4.78 is 13.1. The molecule has 0 radical (unpaired) electrons. The van der Waals surface area contributed by atoms with E-state index in [2.05, 4.69) is 40.5 Å². The average Bonchev–Trinajstić information content (AvgIpc) is 2.74. The molecule has 0 spiro atoms. The van der Waals surface area contributed by atoms with E-state index < -0.39 is 0 Å². The van der Waals surface area contributed by atoms with Gasteiger partial charge in [-0.15, -0.1) is 0 Å². The van der Waals surface area contributed by atoms with Gasteiger partial charge in [-0.1, -0.05) is 48.5 Å². The smallest absolute Gasteiger partial charge is 0.224 e. The summed E-state index contributed by atoms with van der Waals surface area (Å²) in [7, 11) is 0. The first kappa shape index (κ1) is 18.6. The molecular weight excluding hydrogens is 351 g/mol. The van der Waals surface area contributed by atoms with Gasteiger partial charge in [0, 0.05) is 19.6 Å². The zero-order valence-corrected chi connectivity index (χ0v) is 15.9. The Bertz CT molecular complexity index is 954. The average molecular weight is 376 g/mol. The number of benzene rings is 3. The van der Waals surface area contributed by atoms with Crippen LogP contribution in [0.3, 0.4) is 0 Å². The predicted octanol–water partition coefficient (Wildman–Crippen LogP) is 4.51. The van der Waals surface area contributed by atoms with E-state index in [9.17, 15) is 9.18 Å². The molecule has 1 aliphatic rings. The summed E-state index contributed by atoms with van der Waals surface area (Å²) in [6.07, 6.45) is 1.93. The Labute approximate surface area is 165 Å². The van der Waals surface area contributed by atoms with Gasteiger partial charge in [-0.2, -0.15) is 0 Å². The maximum Gasteiger partial charge on any atom is 0.224 e. The fourth-order valence-corrected chi connectivity index (χ4v) is 3.94. The third-order valence-electron chi connectivity index (χ3n) is 5.48. The summed E-state index contributed by atoms with van der Waals surface area (Å²) in [6.45, 7) is 3.04. The Kier molecular flexibility index (Phi) is 5.68. The van der Waals surface area contributed by atoms with Gasteiger partial charge in [0.05, 0.1) is 5.92 Å². The summed E-state index contributed by atoms with van der Waals surface area (Å²) in [5.74, 6) is -0.0834. The summed E-state index contributed by atoms with van der Waals surface area (Å²) >= 11 is 0. The number of halogens is 1. The van der Waals surface area contributed by atoms with Crippen molar-refractivity contribution in [1.29, 1.82) is 0 Å². The highest BCUT2D eigenvalue weighted by Crippen LogP contribution is 2.20. The fraction of sp³-hybridized carbons (Fsp3) is 0.292. The van der Waals surface area contributed by atoms with Gasteiger partial charge in [0.1, 0.15) is 5.82 Å².